The summed E-state index contributed by atoms with van der Waals surface area (Å²) in [5, 5.41) is 2.99. The summed E-state index contributed by atoms with van der Waals surface area (Å²) in [5.74, 6) is 0. The molecule has 6 nitrogen and oxygen atoms in total. The van der Waals surface area contributed by atoms with E-state index < -0.39 is 10.2 Å². The Hall–Kier alpha value is -0.210. The minimum atomic E-state index is -3.33. The normalized spacial score (nSPS) is 12.2. The molecule has 0 aliphatic heterocycles. The average Bonchev–Trinajstić information content (AvgIpc) is 2.33. The highest BCUT2D eigenvalue weighted by molar-refractivity contribution is 7.87. The van der Waals surface area contributed by atoms with Crippen LogP contribution in [-0.2, 0) is 14.9 Å². The minimum Gasteiger partial charge on any atom is -0.381 e. The van der Waals surface area contributed by atoms with Crippen molar-refractivity contribution in [3.05, 3.63) is 0 Å². The van der Waals surface area contributed by atoms with Crippen molar-refractivity contribution in [2.75, 3.05) is 46.9 Å². The number of nitrogens with one attached hydrogen (secondary N) is 2. The lowest BCUT2D eigenvalue weighted by Gasteiger charge is -2.17. The summed E-state index contributed by atoms with van der Waals surface area (Å²) >= 11 is 0. The molecule has 0 saturated heterocycles. The Morgan fingerprint density at radius 1 is 1.17 bits per heavy atom. The van der Waals surface area contributed by atoms with E-state index in [4.69, 9.17) is 4.74 Å². The third-order valence-corrected chi connectivity index (χ3v) is 3.98. The second kappa shape index (κ2) is 10.7. The van der Waals surface area contributed by atoms with Crippen molar-refractivity contribution in [3.63, 3.8) is 0 Å². The van der Waals surface area contributed by atoms with Crippen LogP contribution in [0.4, 0.5) is 0 Å². The lowest BCUT2D eigenvalue weighted by atomic mass is 10.4. The van der Waals surface area contributed by atoms with Crippen LogP contribution in [0.3, 0.4) is 0 Å². The molecule has 0 amide bonds. The van der Waals surface area contributed by atoms with Crippen molar-refractivity contribution in [1.82, 2.24) is 14.3 Å². The summed E-state index contributed by atoms with van der Waals surface area (Å²) in [7, 11) is 0.106. The van der Waals surface area contributed by atoms with E-state index in [-0.39, 0.29) is 0 Å². The Bertz CT molecular complexity index is 283. The van der Waals surface area contributed by atoms with Gasteiger partial charge in [0.15, 0.2) is 0 Å². The fourth-order valence-corrected chi connectivity index (χ4v) is 2.32. The molecule has 0 heterocycles. The van der Waals surface area contributed by atoms with Crippen molar-refractivity contribution < 1.29 is 13.2 Å². The standard InChI is InChI=1S/C11H27N3O3S/c1-4-10-17-11-6-8-13-18(15,16)14(3)9-5-7-12-2/h12-13H,4-11H2,1-3H3. The van der Waals surface area contributed by atoms with Crippen LogP contribution in [0.1, 0.15) is 26.2 Å². The van der Waals surface area contributed by atoms with Gasteiger partial charge in [-0.15, -0.1) is 0 Å². The van der Waals surface area contributed by atoms with Crippen LogP contribution in [-0.4, -0.2) is 59.7 Å². The highest BCUT2D eigenvalue weighted by atomic mass is 32.2. The molecule has 0 aliphatic carbocycles. The van der Waals surface area contributed by atoms with Crippen molar-refractivity contribution in [2.45, 2.75) is 26.2 Å². The molecule has 0 rings (SSSR count). The maximum atomic E-state index is 11.8. The summed E-state index contributed by atoms with van der Waals surface area (Å²) in [6.07, 6.45) is 2.48. The van der Waals surface area contributed by atoms with Crippen LogP contribution in [0.15, 0.2) is 0 Å². The van der Waals surface area contributed by atoms with Crippen molar-refractivity contribution in [1.29, 1.82) is 0 Å². The number of hydrogen-bond donors (Lipinski definition) is 2. The minimum absolute atomic E-state index is 0.419. The van der Waals surface area contributed by atoms with Crippen molar-refractivity contribution in [3.8, 4) is 0 Å². The number of rotatable bonds is 12. The van der Waals surface area contributed by atoms with Gasteiger partial charge in [0.25, 0.3) is 10.2 Å². The molecule has 110 valence electrons. The van der Waals surface area contributed by atoms with Crippen molar-refractivity contribution in [2.24, 2.45) is 0 Å². The van der Waals surface area contributed by atoms with Gasteiger partial charge in [-0.2, -0.15) is 12.7 Å². The van der Waals surface area contributed by atoms with Gasteiger partial charge in [-0.25, -0.2) is 4.72 Å². The number of hydrogen-bond acceptors (Lipinski definition) is 4. The van der Waals surface area contributed by atoms with Gasteiger partial charge >= 0.3 is 0 Å². The molecule has 0 fully saturated rings. The predicted octanol–water partition coefficient (Wildman–Crippen LogP) is 0.179. The molecule has 18 heavy (non-hydrogen) atoms. The van der Waals surface area contributed by atoms with Crippen LogP contribution in [0.5, 0.6) is 0 Å². The smallest absolute Gasteiger partial charge is 0.279 e. The van der Waals surface area contributed by atoms with E-state index in [0.29, 0.717) is 26.1 Å². The summed E-state index contributed by atoms with van der Waals surface area (Å²) in [6, 6.07) is 0. The second-order valence-electron chi connectivity index (χ2n) is 4.14. The second-order valence-corrected chi connectivity index (χ2v) is 6.01. The van der Waals surface area contributed by atoms with Gasteiger partial charge in [-0.05, 0) is 32.9 Å². The first-order valence-corrected chi connectivity index (χ1v) is 7.92. The zero-order valence-corrected chi connectivity index (χ0v) is 12.6. The molecule has 0 aromatic heterocycles. The molecule has 0 bridgehead atoms. The predicted molar refractivity (Wildman–Crippen MR) is 73.8 cm³/mol. The lowest BCUT2D eigenvalue weighted by molar-refractivity contribution is 0.133. The van der Waals surface area contributed by atoms with E-state index in [1.807, 2.05) is 14.0 Å². The fourth-order valence-electron chi connectivity index (χ4n) is 1.33. The third-order valence-electron chi connectivity index (χ3n) is 2.41. The fraction of sp³-hybridized carbons (Fsp3) is 1.00. The van der Waals surface area contributed by atoms with Crippen LogP contribution < -0.4 is 10.0 Å². The summed E-state index contributed by atoms with van der Waals surface area (Å²) in [4.78, 5) is 0. The van der Waals surface area contributed by atoms with E-state index in [1.54, 1.807) is 7.05 Å². The molecule has 0 saturated carbocycles. The average molecular weight is 281 g/mol. The topological polar surface area (TPSA) is 70.7 Å². The quantitative estimate of drug-likeness (QED) is 0.501. The van der Waals surface area contributed by atoms with Crippen molar-refractivity contribution >= 4 is 10.2 Å². The Kier molecular flexibility index (Phi) is 10.6. The van der Waals surface area contributed by atoms with Crippen LogP contribution in [0, 0.1) is 0 Å². The van der Waals surface area contributed by atoms with E-state index in [9.17, 15) is 8.42 Å². The van der Waals surface area contributed by atoms with Crippen LogP contribution in [0.2, 0.25) is 0 Å². The van der Waals surface area contributed by atoms with Crippen LogP contribution in [0.25, 0.3) is 0 Å². The highest BCUT2D eigenvalue weighted by Crippen LogP contribution is 1.95. The first kappa shape index (κ1) is 17.8. The number of nitrogens with zero attached hydrogens (tertiary/aromatic N) is 1. The van der Waals surface area contributed by atoms with Gasteiger partial charge in [0, 0.05) is 33.4 Å². The van der Waals surface area contributed by atoms with E-state index in [2.05, 4.69) is 10.0 Å². The van der Waals surface area contributed by atoms with Crippen LogP contribution >= 0.6 is 0 Å². The molecule has 0 atom stereocenters. The SMILES string of the molecule is CCCOCCCNS(=O)(=O)N(C)CCCNC. The molecule has 0 aromatic rings. The summed E-state index contributed by atoms with van der Waals surface area (Å²) < 4.78 is 32.7. The molecule has 0 unspecified atom stereocenters. The number of ether oxygens (including phenoxy) is 1. The molecular weight excluding hydrogens is 254 g/mol. The summed E-state index contributed by atoms with van der Waals surface area (Å²) in [6.45, 7) is 5.12. The Balaban J connectivity index is 3.71. The first-order chi connectivity index (χ1) is 8.54. The molecule has 2 N–H and O–H groups in total. The Morgan fingerprint density at radius 3 is 2.50 bits per heavy atom. The largest absolute Gasteiger partial charge is 0.381 e. The maximum absolute atomic E-state index is 11.8. The maximum Gasteiger partial charge on any atom is 0.279 e. The van der Waals surface area contributed by atoms with E-state index in [0.717, 1.165) is 26.0 Å². The highest BCUT2D eigenvalue weighted by Gasteiger charge is 2.15. The first-order valence-electron chi connectivity index (χ1n) is 6.48. The Labute approximate surface area is 111 Å². The van der Waals surface area contributed by atoms with Gasteiger partial charge in [-0.3, -0.25) is 0 Å². The molecule has 0 aromatic carbocycles. The zero-order valence-electron chi connectivity index (χ0n) is 11.7. The zero-order chi connectivity index (χ0) is 13.9. The molecule has 0 aliphatic rings. The molecular formula is C11H27N3O3S. The monoisotopic (exact) mass is 281 g/mol. The molecule has 0 radical (unpaired) electrons. The van der Waals surface area contributed by atoms with Gasteiger partial charge < -0.3 is 10.1 Å². The summed E-state index contributed by atoms with van der Waals surface area (Å²) in [5.41, 5.74) is 0. The molecule has 0 spiro atoms. The van der Waals surface area contributed by atoms with Gasteiger partial charge in [0.1, 0.15) is 0 Å². The molecule has 7 heteroatoms. The Morgan fingerprint density at radius 2 is 1.89 bits per heavy atom. The third kappa shape index (κ3) is 8.82. The van der Waals surface area contributed by atoms with Gasteiger partial charge in [0.05, 0.1) is 0 Å². The van der Waals surface area contributed by atoms with Gasteiger partial charge in [-0.1, -0.05) is 6.92 Å². The van der Waals surface area contributed by atoms with E-state index >= 15 is 0 Å². The van der Waals surface area contributed by atoms with Gasteiger partial charge in [0.2, 0.25) is 0 Å². The lowest BCUT2D eigenvalue weighted by Crippen LogP contribution is -2.39. The van der Waals surface area contributed by atoms with E-state index in [1.165, 1.54) is 4.31 Å².